The summed E-state index contributed by atoms with van der Waals surface area (Å²) in [7, 11) is 2.60. The van der Waals surface area contributed by atoms with E-state index in [9.17, 15) is 19.5 Å². The Bertz CT molecular complexity index is 676. The average Bonchev–Trinajstić information content (AvgIpc) is 2.44. The van der Waals surface area contributed by atoms with Crippen LogP contribution in [0.5, 0.6) is 5.75 Å². The number of hydrogen-bond acceptors (Lipinski definition) is 4. The van der Waals surface area contributed by atoms with Gasteiger partial charge >= 0.3 is 6.03 Å². The summed E-state index contributed by atoms with van der Waals surface area (Å²) < 4.78 is 1.27. The SMILES string of the molecule is CN1C(=O)C(=Cc2cc(Br)cc(I)c2O)C(=O)N(C)C1=O. The highest BCUT2D eigenvalue weighted by atomic mass is 127. The van der Waals surface area contributed by atoms with Crippen LogP contribution in [0.1, 0.15) is 5.56 Å². The van der Waals surface area contributed by atoms with E-state index in [1.807, 2.05) is 22.6 Å². The van der Waals surface area contributed by atoms with E-state index in [-0.39, 0.29) is 11.3 Å². The molecule has 6 nitrogen and oxygen atoms in total. The van der Waals surface area contributed by atoms with Crippen LogP contribution >= 0.6 is 38.5 Å². The maximum absolute atomic E-state index is 12.1. The lowest BCUT2D eigenvalue weighted by Crippen LogP contribution is -2.52. The number of rotatable bonds is 1. The van der Waals surface area contributed by atoms with E-state index in [2.05, 4.69) is 15.9 Å². The normalized spacial score (nSPS) is 15.8. The number of benzene rings is 1. The number of hydrogen-bond donors (Lipinski definition) is 1. The van der Waals surface area contributed by atoms with Crippen LogP contribution < -0.4 is 0 Å². The van der Waals surface area contributed by atoms with E-state index < -0.39 is 17.8 Å². The molecule has 1 aromatic rings. The summed E-state index contributed by atoms with van der Waals surface area (Å²) in [5.41, 5.74) is 0.144. The lowest BCUT2D eigenvalue weighted by Gasteiger charge is -2.28. The molecule has 2 rings (SSSR count). The van der Waals surface area contributed by atoms with Crippen LogP contribution in [-0.2, 0) is 9.59 Å². The van der Waals surface area contributed by atoms with E-state index in [0.717, 1.165) is 9.80 Å². The number of halogens is 2. The Morgan fingerprint density at radius 1 is 1.14 bits per heavy atom. The van der Waals surface area contributed by atoms with Crippen LogP contribution in [-0.4, -0.2) is 46.8 Å². The molecule has 0 aliphatic carbocycles. The third-order valence-corrected chi connectivity index (χ3v) is 4.28. The minimum absolute atomic E-state index is 0.0332. The van der Waals surface area contributed by atoms with Crippen molar-refractivity contribution >= 4 is 62.4 Å². The van der Waals surface area contributed by atoms with Gasteiger partial charge < -0.3 is 5.11 Å². The molecule has 8 heteroatoms. The summed E-state index contributed by atoms with van der Waals surface area (Å²) in [6.07, 6.45) is 1.28. The Morgan fingerprint density at radius 2 is 1.67 bits per heavy atom. The first kappa shape index (κ1) is 16.0. The number of urea groups is 1. The number of carbonyl (C=O) groups excluding carboxylic acids is 3. The fourth-order valence-corrected chi connectivity index (χ4v) is 3.38. The Hall–Kier alpha value is -1.42. The molecule has 110 valence electrons. The van der Waals surface area contributed by atoms with Gasteiger partial charge in [0.05, 0.1) is 3.57 Å². The molecular formula is C13H10BrIN2O4. The smallest absolute Gasteiger partial charge is 0.333 e. The molecule has 0 atom stereocenters. The predicted octanol–water partition coefficient (Wildman–Crippen LogP) is 2.19. The summed E-state index contributed by atoms with van der Waals surface area (Å²) in [6, 6.07) is 2.60. The zero-order chi connectivity index (χ0) is 15.9. The van der Waals surface area contributed by atoms with Crippen LogP contribution in [0.3, 0.4) is 0 Å². The molecule has 0 aromatic heterocycles. The average molecular weight is 465 g/mol. The molecule has 4 amide bonds. The van der Waals surface area contributed by atoms with Crippen molar-refractivity contribution in [3.8, 4) is 5.75 Å². The van der Waals surface area contributed by atoms with Gasteiger partial charge in [-0.25, -0.2) is 4.79 Å². The second-order valence-electron chi connectivity index (χ2n) is 4.39. The largest absolute Gasteiger partial charge is 0.506 e. The van der Waals surface area contributed by atoms with Gasteiger partial charge in [0.15, 0.2) is 0 Å². The second kappa shape index (κ2) is 5.76. The fourth-order valence-electron chi connectivity index (χ4n) is 1.83. The minimum atomic E-state index is -0.697. The van der Waals surface area contributed by atoms with Crippen molar-refractivity contribution in [2.75, 3.05) is 14.1 Å². The maximum Gasteiger partial charge on any atom is 0.333 e. The molecule has 1 saturated heterocycles. The molecule has 1 aliphatic rings. The first-order chi connectivity index (χ1) is 9.73. The van der Waals surface area contributed by atoms with Gasteiger partial charge in [-0.1, -0.05) is 15.9 Å². The van der Waals surface area contributed by atoms with Crippen molar-refractivity contribution in [2.24, 2.45) is 0 Å². The molecule has 0 saturated carbocycles. The van der Waals surface area contributed by atoms with E-state index in [1.54, 1.807) is 12.1 Å². The van der Waals surface area contributed by atoms with Gasteiger partial charge in [0, 0.05) is 24.1 Å². The molecule has 1 aromatic carbocycles. The third-order valence-electron chi connectivity index (χ3n) is 3.00. The van der Waals surface area contributed by atoms with Crippen molar-refractivity contribution in [1.82, 2.24) is 9.80 Å². The molecule has 1 aliphatic heterocycles. The molecule has 0 bridgehead atoms. The van der Waals surface area contributed by atoms with Crippen molar-refractivity contribution in [1.29, 1.82) is 0 Å². The van der Waals surface area contributed by atoms with Crippen LogP contribution in [0, 0.1) is 3.57 Å². The monoisotopic (exact) mass is 464 g/mol. The highest BCUT2D eigenvalue weighted by molar-refractivity contribution is 14.1. The number of carbonyl (C=O) groups is 3. The molecule has 21 heavy (non-hydrogen) atoms. The van der Waals surface area contributed by atoms with Crippen molar-refractivity contribution < 1.29 is 19.5 Å². The lowest BCUT2D eigenvalue weighted by molar-refractivity contribution is -0.134. The van der Waals surface area contributed by atoms with Gasteiger partial charge in [-0.05, 0) is 40.8 Å². The number of likely N-dealkylation sites (N-methyl/N-ethyl adjacent to an activating group) is 2. The standard InChI is InChI=1S/C13H10BrIN2O4/c1-16-11(19)8(12(20)17(2)13(16)21)4-6-3-7(14)5-9(15)10(6)18/h3-5,18H,1-2H3. The summed E-state index contributed by atoms with van der Waals surface area (Å²) >= 11 is 5.22. The van der Waals surface area contributed by atoms with Gasteiger partial charge in [-0.2, -0.15) is 0 Å². The molecular weight excluding hydrogens is 455 g/mol. The predicted molar refractivity (Wildman–Crippen MR) is 87.4 cm³/mol. The second-order valence-corrected chi connectivity index (χ2v) is 6.47. The molecule has 0 unspecified atom stereocenters. The van der Waals surface area contributed by atoms with Gasteiger partial charge in [0.2, 0.25) is 0 Å². The summed E-state index contributed by atoms with van der Waals surface area (Å²) in [4.78, 5) is 37.5. The van der Waals surface area contributed by atoms with E-state index in [4.69, 9.17) is 0 Å². The van der Waals surface area contributed by atoms with E-state index in [1.165, 1.54) is 20.2 Å². The molecule has 0 radical (unpaired) electrons. The van der Waals surface area contributed by atoms with Crippen LogP contribution in [0.2, 0.25) is 0 Å². The molecule has 0 spiro atoms. The number of phenols is 1. The Kier molecular flexibility index (Phi) is 4.38. The fraction of sp³-hybridized carbons (Fsp3) is 0.154. The Labute approximate surface area is 142 Å². The van der Waals surface area contributed by atoms with E-state index >= 15 is 0 Å². The minimum Gasteiger partial charge on any atom is -0.506 e. The Morgan fingerprint density at radius 3 is 2.19 bits per heavy atom. The number of imide groups is 2. The highest BCUT2D eigenvalue weighted by Gasteiger charge is 2.37. The van der Waals surface area contributed by atoms with Crippen molar-refractivity contribution in [3.63, 3.8) is 0 Å². The van der Waals surface area contributed by atoms with Gasteiger partial charge in [0.1, 0.15) is 11.3 Å². The topological polar surface area (TPSA) is 77.9 Å². The quantitative estimate of drug-likeness (QED) is 0.392. The first-order valence-electron chi connectivity index (χ1n) is 5.73. The van der Waals surface area contributed by atoms with Gasteiger partial charge in [-0.15, -0.1) is 0 Å². The van der Waals surface area contributed by atoms with Crippen LogP contribution in [0.25, 0.3) is 6.08 Å². The number of nitrogens with zero attached hydrogens (tertiary/aromatic N) is 2. The molecule has 1 N–H and O–H groups in total. The number of barbiturate groups is 1. The molecule has 1 heterocycles. The first-order valence-corrected chi connectivity index (χ1v) is 7.61. The van der Waals surface area contributed by atoms with E-state index in [0.29, 0.717) is 13.6 Å². The van der Waals surface area contributed by atoms with Crippen molar-refractivity contribution in [3.05, 3.63) is 31.3 Å². The van der Waals surface area contributed by atoms with Gasteiger partial charge in [-0.3, -0.25) is 19.4 Å². The summed E-state index contributed by atoms with van der Waals surface area (Å²) in [5, 5.41) is 10.0. The van der Waals surface area contributed by atoms with Crippen molar-refractivity contribution in [2.45, 2.75) is 0 Å². The summed E-state index contributed by atoms with van der Waals surface area (Å²) in [6.45, 7) is 0. The maximum atomic E-state index is 12.1. The highest BCUT2D eigenvalue weighted by Crippen LogP contribution is 2.31. The third kappa shape index (κ3) is 2.82. The number of amides is 4. The number of phenolic OH excluding ortho intramolecular Hbond substituents is 1. The Balaban J connectivity index is 2.57. The van der Waals surface area contributed by atoms with Crippen LogP contribution in [0.4, 0.5) is 4.79 Å². The summed E-state index contributed by atoms with van der Waals surface area (Å²) in [5.74, 6) is -1.43. The zero-order valence-electron chi connectivity index (χ0n) is 11.1. The number of aromatic hydroxyl groups is 1. The lowest BCUT2D eigenvalue weighted by atomic mass is 10.1. The molecule has 1 fully saturated rings. The van der Waals surface area contributed by atoms with Gasteiger partial charge in [0.25, 0.3) is 11.8 Å². The zero-order valence-corrected chi connectivity index (χ0v) is 14.8. The van der Waals surface area contributed by atoms with Crippen LogP contribution in [0.15, 0.2) is 22.2 Å².